The molecule has 1 N–H and O–H groups in total. The van der Waals surface area contributed by atoms with Crippen LogP contribution >= 0.6 is 34.4 Å². The van der Waals surface area contributed by atoms with Crippen LogP contribution in [0.1, 0.15) is 16.1 Å². The topological polar surface area (TPSA) is 78.7 Å². The number of thioether (sulfide) groups is 1. The quantitative estimate of drug-likeness (QED) is 0.225. The molecule has 0 saturated carbocycles. The number of halogens is 1. The third kappa shape index (κ3) is 3.04. The van der Waals surface area contributed by atoms with Crippen LogP contribution in [0.25, 0.3) is 0 Å². The van der Waals surface area contributed by atoms with Gasteiger partial charge in [-0.2, -0.15) is 5.26 Å². The first-order valence-corrected chi connectivity index (χ1v) is 6.63. The molecule has 1 amide bonds. The molecule has 5 nitrogen and oxygen atoms in total. The summed E-state index contributed by atoms with van der Waals surface area (Å²) in [5, 5.41) is 11.0. The Balaban J connectivity index is 3.08. The zero-order valence-electron chi connectivity index (χ0n) is 7.82. The summed E-state index contributed by atoms with van der Waals surface area (Å²) in [5.74, 6) is -0.461. The van der Waals surface area contributed by atoms with Crippen LogP contribution in [-0.4, -0.2) is 22.1 Å². The summed E-state index contributed by atoms with van der Waals surface area (Å²) < 4.78 is 0.599. The Kier molecular flexibility index (Phi) is 4.77. The van der Waals surface area contributed by atoms with E-state index in [9.17, 15) is 4.79 Å². The number of carbonyl (C=O) groups is 1. The first-order valence-electron chi connectivity index (χ1n) is 3.88. The highest BCUT2D eigenvalue weighted by molar-refractivity contribution is 14.1. The monoisotopic (exact) mass is 334 g/mol. The predicted molar refractivity (Wildman–Crippen MR) is 64.6 cm³/mol. The van der Waals surface area contributed by atoms with Crippen LogP contribution in [0.4, 0.5) is 0 Å². The number of rotatable bonds is 3. The van der Waals surface area contributed by atoms with E-state index in [1.807, 2.05) is 6.26 Å². The van der Waals surface area contributed by atoms with Crippen molar-refractivity contribution in [1.82, 2.24) is 15.3 Å². The summed E-state index contributed by atoms with van der Waals surface area (Å²) in [4.78, 5) is 19.6. The molecular weight excluding hydrogens is 327 g/mol. The number of amides is 1. The third-order valence-electron chi connectivity index (χ3n) is 1.57. The van der Waals surface area contributed by atoms with Gasteiger partial charge in [0, 0.05) is 10.6 Å². The molecule has 0 saturated heterocycles. The lowest BCUT2D eigenvalue weighted by molar-refractivity contribution is 0.0971. The van der Waals surface area contributed by atoms with E-state index in [4.69, 9.17) is 5.26 Å². The average Bonchev–Trinajstić information content (AvgIpc) is 2.28. The number of aromatic nitrogens is 2. The van der Waals surface area contributed by atoms with Gasteiger partial charge in [-0.15, -0.1) is 0 Å². The number of hydrogen-bond donors (Lipinski definition) is 1. The summed E-state index contributed by atoms with van der Waals surface area (Å²) >= 11 is 3.52. The molecule has 0 aliphatic carbocycles. The molecule has 1 heterocycles. The predicted octanol–water partition coefficient (Wildman–Crippen LogP) is 1.34. The van der Waals surface area contributed by atoms with Gasteiger partial charge in [-0.05, 0) is 6.26 Å². The van der Waals surface area contributed by atoms with Gasteiger partial charge in [-0.25, -0.2) is 9.97 Å². The summed E-state index contributed by atoms with van der Waals surface area (Å²) in [6, 6.07) is 0. The number of alkyl halides is 1. The van der Waals surface area contributed by atoms with Crippen LogP contribution in [0.2, 0.25) is 0 Å². The molecule has 0 unspecified atom stereocenters. The van der Waals surface area contributed by atoms with E-state index in [0.717, 1.165) is 0 Å². The highest BCUT2D eigenvalue weighted by Gasteiger charge is 2.13. The van der Waals surface area contributed by atoms with E-state index in [2.05, 4.69) is 37.9 Å². The van der Waals surface area contributed by atoms with Crippen LogP contribution in [0.5, 0.6) is 0 Å². The van der Waals surface area contributed by atoms with Crippen LogP contribution < -0.4 is 5.32 Å². The summed E-state index contributed by atoms with van der Waals surface area (Å²) in [6.07, 6.45) is 4.89. The minimum atomic E-state index is -0.461. The van der Waals surface area contributed by atoms with Crippen LogP contribution in [0, 0.1) is 11.5 Å². The van der Waals surface area contributed by atoms with E-state index in [-0.39, 0.29) is 0 Å². The largest absolute Gasteiger partial charge is 0.268 e. The SMILES string of the molecule is CSc1ncc(C(=O)NC#N)c(CI)n1. The maximum absolute atomic E-state index is 11.4. The molecule has 0 fully saturated rings. The van der Waals surface area contributed by atoms with Gasteiger partial charge in [0.1, 0.15) is 0 Å². The molecule has 1 rings (SSSR count). The zero-order valence-corrected chi connectivity index (χ0v) is 10.8. The maximum atomic E-state index is 11.4. The Morgan fingerprint density at radius 2 is 2.53 bits per heavy atom. The minimum absolute atomic E-state index is 0.351. The Morgan fingerprint density at radius 1 is 1.80 bits per heavy atom. The van der Waals surface area contributed by atoms with Crippen molar-refractivity contribution in [2.45, 2.75) is 9.58 Å². The van der Waals surface area contributed by atoms with Gasteiger partial charge in [0.05, 0.1) is 11.3 Å². The van der Waals surface area contributed by atoms with Crippen LogP contribution in [-0.2, 0) is 4.43 Å². The normalized spacial score (nSPS) is 9.40. The number of nitrogens with one attached hydrogen (secondary N) is 1. The number of nitriles is 1. The second-order valence-corrected chi connectivity index (χ2v) is 3.95. The molecule has 1 aromatic heterocycles. The molecule has 0 aliphatic heterocycles. The number of hydrogen-bond acceptors (Lipinski definition) is 5. The summed E-state index contributed by atoms with van der Waals surface area (Å²) in [6.45, 7) is 0. The fourth-order valence-corrected chi connectivity index (χ4v) is 1.85. The lowest BCUT2D eigenvalue weighted by Gasteiger charge is -2.04. The van der Waals surface area contributed by atoms with E-state index >= 15 is 0 Å². The molecule has 0 bridgehead atoms. The molecule has 0 spiro atoms. The van der Waals surface area contributed by atoms with Gasteiger partial charge in [-0.3, -0.25) is 10.1 Å². The molecule has 0 aliphatic rings. The van der Waals surface area contributed by atoms with Crippen molar-refractivity contribution in [2.75, 3.05) is 6.26 Å². The van der Waals surface area contributed by atoms with Crippen molar-refractivity contribution in [1.29, 1.82) is 5.26 Å². The van der Waals surface area contributed by atoms with Crippen molar-refractivity contribution >= 4 is 40.3 Å². The van der Waals surface area contributed by atoms with Gasteiger partial charge in [0.15, 0.2) is 11.3 Å². The van der Waals surface area contributed by atoms with Gasteiger partial charge >= 0.3 is 0 Å². The van der Waals surface area contributed by atoms with E-state index in [1.54, 1.807) is 6.19 Å². The maximum Gasteiger partial charge on any atom is 0.267 e. The zero-order chi connectivity index (χ0) is 11.3. The summed E-state index contributed by atoms with van der Waals surface area (Å²) in [7, 11) is 0. The lowest BCUT2D eigenvalue weighted by atomic mass is 10.2. The fourth-order valence-electron chi connectivity index (χ4n) is 0.907. The van der Waals surface area contributed by atoms with E-state index in [0.29, 0.717) is 20.8 Å². The van der Waals surface area contributed by atoms with Gasteiger partial charge in [0.2, 0.25) is 0 Å². The molecule has 0 atom stereocenters. The number of carbonyl (C=O) groups excluding carboxylic acids is 1. The number of nitrogens with zero attached hydrogens (tertiary/aromatic N) is 3. The van der Waals surface area contributed by atoms with Crippen molar-refractivity contribution in [3.8, 4) is 6.19 Å². The second kappa shape index (κ2) is 5.87. The minimum Gasteiger partial charge on any atom is -0.268 e. The first-order chi connectivity index (χ1) is 7.22. The molecule has 0 radical (unpaired) electrons. The standard InChI is InChI=1S/C8H7IN4OS/c1-15-8-11-3-5(6(2-9)13-8)7(14)12-4-10/h3H,2H2,1H3,(H,12,14). The highest BCUT2D eigenvalue weighted by atomic mass is 127. The molecule has 0 aromatic carbocycles. The molecule has 7 heteroatoms. The van der Waals surface area contributed by atoms with Crippen molar-refractivity contribution in [3.63, 3.8) is 0 Å². The van der Waals surface area contributed by atoms with Gasteiger partial charge in [0.25, 0.3) is 5.91 Å². The molecular formula is C8H7IN4OS. The Hall–Kier alpha value is -0.880. The molecule has 1 aromatic rings. The average molecular weight is 334 g/mol. The van der Waals surface area contributed by atoms with E-state index < -0.39 is 5.91 Å². The molecule has 15 heavy (non-hydrogen) atoms. The highest BCUT2D eigenvalue weighted by Crippen LogP contribution is 2.14. The second-order valence-electron chi connectivity index (χ2n) is 2.42. The van der Waals surface area contributed by atoms with E-state index in [1.165, 1.54) is 18.0 Å². The Bertz CT molecular complexity index is 418. The lowest BCUT2D eigenvalue weighted by Crippen LogP contribution is -2.20. The van der Waals surface area contributed by atoms with Crippen molar-refractivity contribution in [2.24, 2.45) is 0 Å². The van der Waals surface area contributed by atoms with Crippen LogP contribution in [0.3, 0.4) is 0 Å². The fraction of sp³-hybridized carbons (Fsp3) is 0.250. The van der Waals surface area contributed by atoms with Gasteiger partial charge < -0.3 is 0 Å². The van der Waals surface area contributed by atoms with Crippen LogP contribution in [0.15, 0.2) is 11.4 Å². The van der Waals surface area contributed by atoms with Crippen molar-refractivity contribution in [3.05, 3.63) is 17.5 Å². The first kappa shape index (κ1) is 12.2. The molecule has 78 valence electrons. The summed E-state index contributed by atoms with van der Waals surface area (Å²) in [5.41, 5.74) is 0.992. The Morgan fingerprint density at radius 3 is 3.07 bits per heavy atom. The smallest absolute Gasteiger partial charge is 0.267 e. The van der Waals surface area contributed by atoms with Crippen molar-refractivity contribution < 1.29 is 4.79 Å². The Labute approximate surface area is 105 Å². The third-order valence-corrected chi connectivity index (χ3v) is 2.85. The van der Waals surface area contributed by atoms with Gasteiger partial charge in [-0.1, -0.05) is 34.4 Å².